The first-order valence-corrected chi connectivity index (χ1v) is 6.41. The number of nitrogens with zero attached hydrogens (tertiary/aromatic N) is 1. The number of hydrogen-bond donors (Lipinski definition) is 2. The summed E-state index contributed by atoms with van der Waals surface area (Å²) in [4.78, 5) is 16.2. The second-order valence-electron chi connectivity index (χ2n) is 3.97. The van der Waals surface area contributed by atoms with Crippen LogP contribution < -0.4 is 5.32 Å². The molecule has 0 saturated heterocycles. The smallest absolute Gasteiger partial charge is 0.335 e. The van der Waals surface area contributed by atoms with Crippen LogP contribution in [0.3, 0.4) is 0 Å². The molecule has 18 heavy (non-hydrogen) atoms. The first kappa shape index (κ1) is 12.7. The fraction of sp³-hybridized carbons (Fsp3) is 0.231. The maximum Gasteiger partial charge on any atom is 0.335 e. The van der Waals surface area contributed by atoms with E-state index in [0.29, 0.717) is 12.1 Å². The molecule has 0 bridgehead atoms. The van der Waals surface area contributed by atoms with E-state index in [0.717, 1.165) is 17.1 Å². The Labute approximate surface area is 109 Å². The average molecular weight is 262 g/mol. The summed E-state index contributed by atoms with van der Waals surface area (Å²) in [6, 6.07) is 6.88. The average Bonchev–Trinajstić information content (AvgIpc) is 2.76. The lowest BCUT2D eigenvalue weighted by Crippen LogP contribution is -2.12. The highest BCUT2D eigenvalue weighted by molar-refractivity contribution is 7.11. The molecule has 0 saturated carbocycles. The molecule has 1 aromatic heterocycles. The predicted molar refractivity (Wildman–Crippen MR) is 70.8 cm³/mol. The summed E-state index contributed by atoms with van der Waals surface area (Å²) in [5.41, 5.74) is 1.38. The van der Waals surface area contributed by atoms with Gasteiger partial charge < -0.3 is 10.4 Å². The van der Waals surface area contributed by atoms with Crippen molar-refractivity contribution in [3.8, 4) is 0 Å². The zero-order valence-corrected chi connectivity index (χ0v) is 10.8. The molecular formula is C13H14N2O2S. The molecule has 0 radical (unpaired) electrons. The predicted octanol–water partition coefficient (Wildman–Crippen LogP) is 2.44. The number of carbonyl (C=O) groups is 1. The van der Waals surface area contributed by atoms with Gasteiger partial charge in [0.25, 0.3) is 0 Å². The van der Waals surface area contributed by atoms with Crippen LogP contribution in [0.2, 0.25) is 0 Å². The topological polar surface area (TPSA) is 62.2 Å². The Morgan fingerprint density at radius 3 is 2.61 bits per heavy atom. The summed E-state index contributed by atoms with van der Waals surface area (Å²) >= 11 is 1.68. The molecule has 2 aromatic rings. The van der Waals surface area contributed by atoms with Crippen molar-refractivity contribution in [2.75, 3.05) is 0 Å². The molecule has 0 aliphatic carbocycles. The summed E-state index contributed by atoms with van der Waals surface area (Å²) in [7, 11) is 0. The second kappa shape index (κ2) is 5.75. The van der Waals surface area contributed by atoms with Crippen LogP contribution in [0, 0.1) is 6.92 Å². The summed E-state index contributed by atoms with van der Waals surface area (Å²) in [5.74, 6) is -0.896. The van der Waals surface area contributed by atoms with Crippen LogP contribution in [0.25, 0.3) is 0 Å². The van der Waals surface area contributed by atoms with Crippen molar-refractivity contribution >= 4 is 17.3 Å². The maximum atomic E-state index is 10.7. The molecule has 0 atom stereocenters. The SMILES string of the molecule is Cc1cnc(CNCc2ccc(C(=O)O)cc2)s1. The Kier molecular flexibility index (Phi) is 4.07. The Balaban J connectivity index is 1.85. The monoisotopic (exact) mass is 262 g/mol. The van der Waals surface area contributed by atoms with Crippen molar-refractivity contribution in [3.63, 3.8) is 0 Å². The Morgan fingerprint density at radius 1 is 1.33 bits per heavy atom. The van der Waals surface area contributed by atoms with Crippen LogP contribution in [-0.2, 0) is 13.1 Å². The number of aryl methyl sites for hydroxylation is 1. The fourth-order valence-corrected chi connectivity index (χ4v) is 2.32. The Morgan fingerprint density at radius 2 is 2.06 bits per heavy atom. The van der Waals surface area contributed by atoms with Crippen LogP contribution >= 0.6 is 11.3 Å². The molecule has 0 aliphatic rings. The largest absolute Gasteiger partial charge is 0.478 e. The van der Waals surface area contributed by atoms with Crippen molar-refractivity contribution < 1.29 is 9.90 Å². The summed E-state index contributed by atoms with van der Waals surface area (Å²) in [6.45, 7) is 3.48. The minimum absolute atomic E-state index is 0.314. The van der Waals surface area contributed by atoms with E-state index in [9.17, 15) is 4.79 Å². The van der Waals surface area contributed by atoms with Gasteiger partial charge in [-0.15, -0.1) is 11.3 Å². The van der Waals surface area contributed by atoms with Crippen molar-refractivity contribution in [2.45, 2.75) is 20.0 Å². The Bertz CT molecular complexity index is 534. The highest BCUT2D eigenvalue weighted by Gasteiger charge is 2.02. The molecule has 0 unspecified atom stereocenters. The van der Waals surface area contributed by atoms with E-state index in [2.05, 4.69) is 10.3 Å². The molecule has 94 valence electrons. The van der Waals surface area contributed by atoms with Crippen LogP contribution in [0.1, 0.15) is 25.8 Å². The molecule has 4 nitrogen and oxygen atoms in total. The number of carboxylic acid groups (broad SMARTS) is 1. The van der Waals surface area contributed by atoms with Crippen molar-refractivity contribution in [2.24, 2.45) is 0 Å². The van der Waals surface area contributed by atoms with Gasteiger partial charge in [-0.25, -0.2) is 9.78 Å². The third-order valence-electron chi connectivity index (χ3n) is 2.48. The van der Waals surface area contributed by atoms with Crippen LogP contribution in [0.5, 0.6) is 0 Å². The number of hydrogen-bond acceptors (Lipinski definition) is 4. The standard InChI is InChI=1S/C13H14N2O2S/c1-9-6-15-12(18-9)8-14-7-10-2-4-11(5-3-10)13(16)17/h2-6,14H,7-8H2,1H3,(H,16,17). The first-order chi connectivity index (χ1) is 8.65. The van der Waals surface area contributed by atoms with Gasteiger partial charge in [0.1, 0.15) is 5.01 Å². The number of nitrogens with one attached hydrogen (secondary N) is 1. The molecule has 1 aromatic carbocycles. The van der Waals surface area contributed by atoms with Gasteiger partial charge in [0.05, 0.1) is 5.56 Å². The quantitative estimate of drug-likeness (QED) is 0.868. The van der Waals surface area contributed by atoms with E-state index >= 15 is 0 Å². The third-order valence-corrected chi connectivity index (χ3v) is 3.39. The highest BCUT2D eigenvalue weighted by atomic mass is 32.1. The van der Waals surface area contributed by atoms with E-state index in [1.165, 1.54) is 4.88 Å². The number of aromatic nitrogens is 1. The van der Waals surface area contributed by atoms with Gasteiger partial charge in [0, 0.05) is 24.2 Å². The van der Waals surface area contributed by atoms with Gasteiger partial charge in [-0.3, -0.25) is 0 Å². The van der Waals surface area contributed by atoms with E-state index in [4.69, 9.17) is 5.11 Å². The minimum atomic E-state index is -0.896. The lowest BCUT2D eigenvalue weighted by atomic mass is 10.1. The summed E-state index contributed by atoms with van der Waals surface area (Å²) < 4.78 is 0. The van der Waals surface area contributed by atoms with Gasteiger partial charge >= 0.3 is 5.97 Å². The van der Waals surface area contributed by atoms with E-state index in [1.54, 1.807) is 23.5 Å². The van der Waals surface area contributed by atoms with Crippen molar-refractivity contribution in [1.29, 1.82) is 0 Å². The van der Waals surface area contributed by atoms with Crippen molar-refractivity contribution in [3.05, 3.63) is 51.5 Å². The summed E-state index contributed by atoms with van der Waals surface area (Å²) in [5, 5.41) is 13.1. The zero-order chi connectivity index (χ0) is 13.0. The number of thiazole rings is 1. The molecule has 5 heteroatoms. The molecule has 0 fully saturated rings. The van der Waals surface area contributed by atoms with E-state index < -0.39 is 5.97 Å². The van der Waals surface area contributed by atoms with Crippen LogP contribution in [0.4, 0.5) is 0 Å². The second-order valence-corrected chi connectivity index (χ2v) is 5.29. The Hall–Kier alpha value is -1.72. The molecular weight excluding hydrogens is 248 g/mol. The van der Waals surface area contributed by atoms with Gasteiger partial charge in [0.15, 0.2) is 0 Å². The minimum Gasteiger partial charge on any atom is -0.478 e. The number of benzene rings is 1. The highest BCUT2D eigenvalue weighted by Crippen LogP contribution is 2.11. The van der Waals surface area contributed by atoms with Crippen LogP contribution in [-0.4, -0.2) is 16.1 Å². The lowest BCUT2D eigenvalue weighted by molar-refractivity contribution is 0.0697. The van der Waals surface area contributed by atoms with Crippen molar-refractivity contribution in [1.82, 2.24) is 10.3 Å². The number of aromatic carboxylic acids is 1. The van der Waals surface area contributed by atoms with Gasteiger partial charge in [-0.1, -0.05) is 12.1 Å². The molecule has 1 heterocycles. The lowest BCUT2D eigenvalue weighted by Gasteiger charge is -2.03. The molecule has 0 spiro atoms. The summed E-state index contributed by atoms with van der Waals surface area (Å²) in [6.07, 6.45) is 1.86. The van der Waals surface area contributed by atoms with E-state index in [-0.39, 0.29) is 0 Å². The molecule has 0 aliphatic heterocycles. The normalized spacial score (nSPS) is 10.5. The number of carboxylic acids is 1. The maximum absolute atomic E-state index is 10.7. The van der Waals surface area contributed by atoms with Gasteiger partial charge in [-0.05, 0) is 24.6 Å². The zero-order valence-electron chi connectivity index (χ0n) is 10.0. The molecule has 2 N–H and O–H groups in total. The van der Waals surface area contributed by atoms with Gasteiger partial charge in [0.2, 0.25) is 0 Å². The van der Waals surface area contributed by atoms with E-state index in [1.807, 2.05) is 25.3 Å². The number of rotatable bonds is 5. The fourth-order valence-electron chi connectivity index (χ4n) is 1.56. The third kappa shape index (κ3) is 3.38. The molecule has 0 amide bonds. The first-order valence-electron chi connectivity index (χ1n) is 5.59. The van der Waals surface area contributed by atoms with Gasteiger partial charge in [-0.2, -0.15) is 0 Å². The van der Waals surface area contributed by atoms with Crippen LogP contribution in [0.15, 0.2) is 30.5 Å². The molecule has 2 rings (SSSR count).